The maximum atomic E-state index is 13.0. The van der Waals surface area contributed by atoms with Gasteiger partial charge in [0, 0.05) is 45.4 Å². The number of ether oxygens (including phenoxy) is 3. The minimum Gasteiger partial charge on any atom is -0.493 e. The summed E-state index contributed by atoms with van der Waals surface area (Å²) in [4.78, 5) is 17.5. The lowest BCUT2D eigenvalue weighted by molar-refractivity contribution is -0.139. The number of piperazine rings is 1. The predicted octanol–water partition coefficient (Wildman–Crippen LogP) is 1.57. The van der Waals surface area contributed by atoms with E-state index in [1.165, 1.54) is 0 Å². The first-order valence-electron chi connectivity index (χ1n) is 9.65. The molecule has 0 aromatic heterocycles. The van der Waals surface area contributed by atoms with Crippen molar-refractivity contribution in [3.05, 3.63) is 23.8 Å². The number of carbonyl (C=O) groups excluding carboxylic acids is 1. The number of hydrogen-bond acceptors (Lipinski definition) is 5. The molecule has 6 heteroatoms. The zero-order chi connectivity index (χ0) is 17.9. The summed E-state index contributed by atoms with van der Waals surface area (Å²) in [5.74, 6) is 1.68. The molecule has 0 spiro atoms. The Morgan fingerprint density at radius 3 is 2.65 bits per heavy atom. The van der Waals surface area contributed by atoms with E-state index in [0.717, 1.165) is 75.7 Å². The molecule has 1 aromatic carbocycles. The normalized spacial score (nSPS) is 24.7. The van der Waals surface area contributed by atoms with Gasteiger partial charge in [0.1, 0.15) is 6.61 Å². The summed E-state index contributed by atoms with van der Waals surface area (Å²) >= 11 is 0. The molecular weight excluding hydrogens is 332 g/mol. The molecule has 142 valence electrons. The van der Waals surface area contributed by atoms with Gasteiger partial charge in [0.05, 0.1) is 13.0 Å². The third-order valence-electron chi connectivity index (χ3n) is 5.86. The smallest absolute Gasteiger partial charge is 0.229 e. The molecule has 0 unspecified atom stereocenters. The number of para-hydroxylation sites is 1. The van der Waals surface area contributed by atoms with Crippen LogP contribution >= 0.6 is 0 Å². The average molecular weight is 360 g/mol. The second-order valence-corrected chi connectivity index (χ2v) is 7.37. The van der Waals surface area contributed by atoms with Gasteiger partial charge in [0.2, 0.25) is 5.91 Å². The van der Waals surface area contributed by atoms with Gasteiger partial charge in [-0.05, 0) is 30.9 Å². The molecule has 3 heterocycles. The zero-order valence-electron chi connectivity index (χ0n) is 15.5. The van der Waals surface area contributed by atoms with Gasteiger partial charge in [0.15, 0.2) is 11.5 Å². The maximum Gasteiger partial charge on any atom is 0.229 e. The lowest BCUT2D eigenvalue weighted by Crippen LogP contribution is -2.54. The molecule has 1 aromatic rings. The highest BCUT2D eigenvalue weighted by molar-refractivity contribution is 5.80. The van der Waals surface area contributed by atoms with Crippen molar-refractivity contribution in [2.45, 2.75) is 25.3 Å². The van der Waals surface area contributed by atoms with E-state index in [-0.39, 0.29) is 11.8 Å². The molecule has 1 atom stereocenters. The number of methoxy groups -OCH3 is 1. The van der Waals surface area contributed by atoms with E-state index in [9.17, 15) is 4.79 Å². The van der Waals surface area contributed by atoms with Crippen LogP contribution < -0.4 is 9.47 Å². The van der Waals surface area contributed by atoms with Crippen LogP contribution in [0.4, 0.5) is 0 Å². The van der Waals surface area contributed by atoms with E-state index in [4.69, 9.17) is 14.2 Å². The first kappa shape index (κ1) is 17.6. The molecule has 0 aliphatic carbocycles. The number of rotatable bonds is 3. The Morgan fingerprint density at radius 1 is 1.15 bits per heavy atom. The van der Waals surface area contributed by atoms with Gasteiger partial charge in [-0.1, -0.05) is 12.1 Å². The Morgan fingerprint density at radius 2 is 1.92 bits per heavy atom. The number of amides is 1. The zero-order valence-corrected chi connectivity index (χ0v) is 15.5. The number of fused-ring (bicyclic) bond motifs is 1. The highest BCUT2D eigenvalue weighted by Gasteiger charge is 2.33. The molecule has 0 bridgehead atoms. The maximum absolute atomic E-state index is 13.0. The fraction of sp³-hybridized carbons (Fsp3) is 0.650. The molecule has 4 rings (SSSR count). The van der Waals surface area contributed by atoms with Crippen LogP contribution in [0.5, 0.6) is 11.5 Å². The first-order valence-corrected chi connectivity index (χ1v) is 9.65. The molecule has 3 aliphatic rings. The fourth-order valence-electron chi connectivity index (χ4n) is 4.33. The van der Waals surface area contributed by atoms with Crippen LogP contribution in [0.3, 0.4) is 0 Å². The van der Waals surface area contributed by atoms with Crippen LogP contribution in [0.2, 0.25) is 0 Å². The summed E-state index contributed by atoms with van der Waals surface area (Å²) in [6, 6.07) is 6.51. The van der Waals surface area contributed by atoms with E-state index in [1.54, 1.807) is 7.11 Å². The molecule has 0 N–H and O–H groups in total. The summed E-state index contributed by atoms with van der Waals surface area (Å²) < 4.78 is 16.7. The number of nitrogens with zero attached hydrogens (tertiary/aromatic N) is 2. The summed E-state index contributed by atoms with van der Waals surface area (Å²) in [6.45, 7) is 5.74. The van der Waals surface area contributed by atoms with E-state index in [0.29, 0.717) is 12.6 Å². The largest absolute Gasteiger partial charge is 0.493 e. The van der Waals surface area contributed by atoms with E-state index in [1.807, 2.05) is 23.1 Å². The second kappa shape index (κ2) is 7.84. The van der Waals surface area contributed by atoms with Crippen LogP contribution in [-0.4, -0.2) is 74.9 Å². The van der Waals surface area contributed by atoms with Crippen molar-refractivity contribution < 1.29 is 19.0 Å². The van der Waals surface area contributed by atoms with Gasteiger partial charge in [-0.3, -0.25) is 9.69 Å². The van der Waals surface area contributed by atoms with Gasteiger partial charge in [-0.25, -0.2) is 0 Å². The molecule has 2 fully saturated rings. The summed E-state index contributed by atoms with van der Waals surface area (Å²) in [7, 11) is 1.65. The Balaban J connectivity index is 1.34. The molecule has 26 heavy (non-hydrogen) atoms. The molecule has 6 nitrogen and oxygen atoms in total. The standard InChI is InChI=1S/C20H28N2O4/c1-24-18-4-2-3-15-13-16(14-26-19(15)18)20(23)22-9-7-21(8-10-22)17-5-11-25-12-6-17/h2-4,16-17H,5-14H2,1H3/t16-/m1/s1. The van der Waals surface area contributed by atoms with Crippen molar-refractivity contribution >= 4 is 5.91 Å². The van der Waals surface area contributed by atoms with E-state index >= 15 is 0 Å². The van der Waals surface area contributed by atoms with Gasteiger partial charge < -0.3 is 19.1 Å². The van der Waals surface area contributed by atoms with Gasteiger partial charge >= 0.3 is 0 Å². The molecule has 0 radical (unpaired) electrons. The van der Waals surface area contributed by atoms with Crippen molar-refractivity contribution in [1.82, 2.24) is 9.80 Å². The van der Waals surface area contributed by atoms with Crippen molar-refractivity contribution in [2.75, 3.05) is 53.1 Å². The third-order valence-corrected chi connectivity index (χ3v) is 5.86. The summed E-state index contributed by atoms with van der Waals surface area (Å²) in [5.41, 5.74) is 1.06. The Labute approximate surface area is 155 Å². The van der Waals surface area contributed by atoms with Crippen molar-refractivity contribution in [1.29, 1.82) is 0 Å². The average Bonchev–Trinajstić information content (AvgIpc) is 2.73. The van der Waals surface area contributed by atoms with Gasteiger partial charge in [-0.2, -0.15) is 0 Å². The molecular formula is C20H28N2O4. The lowest BCUT2D eigenvalue weighted by Gasteiger charge is -2.41. The first-order chi connectivity index (χ1) is 12.8. The lowest BCUT2D eigenvalue weighted by atomic mass is 9.94. The van der Waals surface area contributed by atoms with Crippen LogP contribution in [0.1, 0.15) is 18.4 Å². The fourth-order valence-corrected chi connectivity index (χ4v) is 4.33. The van der Waals surface area contributed by atoms with Crippen LogP contribution in [0.25, 0.3) is 0 Å². The minimum atomic E-state index is -0.0933. The molecule has 3 aliphatic heterocycles. The number of hydrogen-bond donors (Lipinski definition) is 0. The minimum absolute atomic E-state index is 0.0933. The van der Waals surface area contributed by atoms with Crippen LogP contribution in [0, 0.1) is 5.92 Å². The number of benzene rings is 1. The molecule has 0 saturated carbocycles. The topological polar surface area (TPSA) is 51.2 Å². The second-order valence-electron chi connectivity index (χ2n) is 7.37. The Hall–Kier alpha value is -1.79. The van der Waals surface area contributed by atoms with Crippen LogP contribution in [0.15, 0.2) is 18.2 Å². The summed E-state index contributed by atoms with van der Waals surface area (Å²) in [5, 5.41) is 0. The SMILES string of the molecule is COc1cccc2c1OC[C@H](C(=O)N1CCN(C3CCOCC3)CC1)C2. The monoisotopic (exact) mass is 360 g/mol. The van der Waals surface area contributed by atoms with Gasteiger partial charge in [0.25, 0.3) is 0 Å². The quantitative estimate of drug-likeness (QED) is 0.819. The van der Waals surface area contributed by atoms with Crippen molar-refractivity contribution in [2.24, 2.45) is 5.92 Å². The molecule has 1 amide bonds. The van der Waals surface area contributed by atoms with Crippen molar-refractivity contribution in [3.63, 3.8) is 0 Å². The highest BCUT2D eigenvalue weighted by Crippen LogP contribution is 2.36. The predicted molar refractivity (Wildman–Crippen MR) is 97.7 cm³/mol. The van der Waals surface area contributed by atoms with Gasteiger partial charge in [-0.15, -0.1) is 0 Å². The van der Waals surface area contributed by atoms with Crippen LogP contribution in [-0.2, 0) is 16.0 Å². The Bertz CT molecular complexity index is 637. The summed E-state index contributed by atoms with van der Waals surface area (Å²) in [6.07, 6.45) is 2.96. The number of carbonyl (C=O) groups is 1. The van der Waals surface area contributed by atoms with E-state index < -0.39 is 0 Å². The van der Waals surface area contributed by atoms with E-state index in [2.05, 4.69) is 4.90 Å². The Kier molecular flexibility index (Phi) is 5.31. The highest BCUT2D eigenvalue weighted by atomic mass is 16.5. The third kappa shape index (κ3) is 3.53. The van der Waals surface area contributed by atoms with Crippen molar-refractivity contribution in [3.8, 4) is 11.5 Å². The molecule has 2 saturated heterocycles.